The molecule has 3 rings (SSSR count). The minimum atomic E-state index is -5.21. The predicted octanol–water partition coefficient (Wildman–Crippen LogP) is 5.46. The number of aromatic nitrogens is 2. The number of aromatic carboxylic acids is 1. The average Bonchev–Trinajstić information content (AvgIpc) is 2.67. The lowest BCUT2D eigenvalue weighted by atomic mass is 9.84. The van der Waals surface area contributed by atoms with Gasteiger partial charge in [0.25, 0.3) is 0 Å². The number of carbonyl (C=O) groups is 1. The lowest BCUT2D eigenvalue weighted by Gasteiger charge is -2.24. The minimum absolute atomic E-state index is 0.127. The summed E-state index contributed by atoms with van der Waals surface area (Å²) in [5.41, 5.74) is -3.09. The molecule has 0 saturated carbocycles. The van der Waals surface area contributed by atoms with Crippen LogP contribution in [-0.2, 0) is 11.6 Å². The molecule has 2 heterocycles. The number of hydrogen-bond donors (Lipinski definition) is 1. The Bertz CT molecular complexity index is 1130. The number of halogens is 5. The molecule has 0 radical (unpaired) electrons. The van der Waals surface area contributed by atoms with Crippen LogP contribution in [0, 0.1) is 11.6 Å². The molecule has 30 heavy (non-hydrogen) atoms. The molecular weight excluding hydrogens is 407 g/mol. The third-order valence-corrected chi connectivity index (χ3v) is 4.65. The van der Waals surface area contributed by atoms with Gasteiger partial charge in [0.2, 0.25) is 0 Å². The van der Waals surface area contributed by atoms with E-state index in [2.05, 4.69) is 9.97 Å². The van der Waals surface area contributed by atoms with Gasteiger partial charge in [-0.25, -0.2) is 18.6 Å². The van der Waals surface area contributed by atoms with Crippen molar-refractivity contribution in [3.63, 3.8) is 0 Å². The maximum atomic E-state index is 14.5. The summed E-state index contributed by atoms with van der Waals surface area (Å²) in [6.07, 6.45) is -5.21. The Balaban J connectivity index is 2.12. The van der Waals surface area contributed by atoms with Gasteiger partial charge in [-0.2, -0.15) is 13.2 Å². The second kappa shape index (κ2) is 7.47. The first-order valence-electron chi connectivity index (χ1n) is 8.67. The van der Waals surface area contributed by atoms with E-state index in [9.17, 15) is 26.7 Å². The van der Waals surface area contributed by atoms with Gasteiger partial charge in [0.05, 0.1) is 17.1 Å². The number of nitrogens with zero attached hydrogens (tertiary/aromatic N) is 2. The average molecular weight is 422 g/mol. The Kier molecular flexibility index (Phi) is 5.32. The molecule has 0 fully saturated rings. The molecule has 0 aliphatic heterocycles. The lowest BCUT2D eigenvalue weighted by Crippen LogP contribution is -2.23. The van der Waals surface area contributed by atoms with Crippen LogP contribution < -0.4 is 0 Å². The highest BCUT2D eigenvalue weighted by molar-refractivity contribution is 5.85. The fourth-order valence-electron chi connectivity index (χ4n) is 2.98. The van der Waals surface area contributed by atoms with Crippen LogP contribution in [0.2, 0.25) is 0 Å². The molecule has 0 unspecified atom stereocenters. The first-order valence-corrected chi connectivity index (χ1v) is 8.67. The van der Waals surface area contributed by atoms with E-state index in [1.807, 2.05) is 0 Å². The van der Waals surface area contributed by atoms with Crippen molar-refractivity contribution >= 4 is 5.97 Å². The standard InChI is InChI=1S/C21H15F5N2O2/c1-20(2,16-8-4-6-14(28-16)19(29)30)15-7-3-5-13(27-15)11-9-10-12(22)17(18(11)23)21(24,25)26/h3-10H,1-2H3,(H,29,30). The third-order valence-electron chi connectivity index (χ3n) is 4.65. The number of benzene rings is 1. The number of rotatable bonds is 4. The zero-order valence-electron chi connectivity index (χ0n) is 15.8. The van der Waals surface area contributed by atoms with E-state index in [4.69, 9.17) is 5.11 Å². The van der Waals surface area contributed by atoms with Crippen LogP contribution in [0.1, 0.15) is 41.3 Å². The van der Waals surface area contributed by atoms with E-state index in [0.717, 1.165) is 6.07 Å². The number of carboxylic acid groups (broad SMARTS) is 1. The van der Waals surface area contributed by atoms with Gasteiger partial charge in [0.15, 0.2) is 0 Å². The summed E-state index contributed by atoms with van der Waals surface area (Å²) in [7, 11) is 0. The number of hydrogen-bond acceptors (Lipinski definition) is 3. The highest BCUT2D eigenvalue weighted by Crippen LogP contribution is 2.38. The monoisotopic (exact) mass is 422 g/mol. The van der Waals surface area contributed by atoms with Gasteiger partial charge in [-0.05, 0) is 50.2 Å². The molecule has 0 aliphatic rings. The van der Waals surface area contributed by atoms with Crippen molar-refractivity contribution in [2.45, 2.75) is 25.4 Å². The first kappa shape index (κ1) is 21.4. The second-order valence-electron chi connectivity index (χ2n) is 7.03. The van der Waals surface area contributed by atoms with E-state index >= 15 is 0 Å². The van der Waals surface area contributed by atoms with E-state index in [1.165, 1.54) is 24.3 Å². The first-order chi connectivity index (χ1) is 13.9. The smallest absolute Gasteiger partial charge is 0.422 e. The Morgan fingerprint density at radius 1 is 0.900 bits per heavy atom. The van der Waals surface area contributed by atoms with Gasteiger partial charge in [0.1, 0.15) is 22.9 Å². The Labute approximate surface area is 168 Å². The molecule has 0 amide bonds. The van der Waals surface area contributed by atoms with Gasteiger partial charge in [-0.3, -0.25) is 4.98 Å². The summed E-state index contributed by atoms with van der Waals surface area (Å²) < 4.78 is 67.3. The molecule has 2 aromatic heterocycles. The van der Waals surface area contributed by atoms with Gasteiger partial charge in [0, 0.05) is 11.0 Å². The second-order valence-corrected chi connectivity index (χ2v) is 7.03. The molecule has 1 aromatic carbocycles. The summed E-state index contributed by atoms with van der Waals surface area (Å²) in [6, 6.07) is 10.2. The molecule has 9 heteroatoms. The fourth-order valence-corrected chi connectivity index (χ4v) is 2.98. The number of pyridine rings is 2. The summed E-state index contributed by atoms with van der Waals surface area (Å²) >= 11 is 0. The summed E-state index contributed by atoms with van der Waals surface area (Å²) in [4.78, 5) is 19.5. The van der Waals surface area contributed by atoms with Crippen LogP contribution in [0.15, 0.2) is 48.5 Å². The largest absolute Gasteiger partial charge is 0.477 e. The summed E-state index contributed by atoms with van der Waals surface area (Å²) in [6.45, 7) is 3.38. The van der Waals surface area contributed by atoms with E-state index in [0.29, 0.717) is 17.5 Å². The lowest BCUT2D eigenvalue weighted by molar-refractivity contribution is -0.142. The molecule has 1 N–H and O–H groups in total. The fraction of sp³-hybridized carbons (Fsp3) is 0.190. The minimum Gasteiger partial charge on any atom is -0.477 e. The maximum Gasteiger partial charge on any atom is 0.422 e. The van der Waals surface area contributed by atoms with Crippen molar-refractivity contribution in [3.05, 3.63) is 82.8 Å². The SMILES string of the molecule is CC(C)(c1cccc(C(=O)O)n1)c1cccc(-c2ccc(F)c(C(F)(F)F)c2F)n1. The molecule has 0 atom stereocenters. The van der Waals surface area contributed by atoms with Gasteiger partial charge in [-0.15, -0.1) is 0 Å². The third kappa shape index (κ3) is 3.87. The molecular formula is C21H15F5N2O2. The maximum absolute atomic E-state index is 14.5. The highest BCUT2D eigenvalue weighted by atomic mass is 19.4. The van der Waals surface area contributed by atoms with Crippen molar-refractivity contribution in [2.24, 2.45) is 0 Å². The van der Waals surface area contributed by atoms with Crippen LogP contribution in [0.25, 0.3) is 11.3 Å². The molecule has 0 bridgehead atoms. The molecule has 4 nitrogen and oxygen atoms in total. The normalized spacial score (nSPS) is 12.1. The molecule has 0 aliphatic carbocycles. The van der Waals surface area contributed by atoms with Crippen LogP contribution in [-0.4, -0.2) is 21.0 Å². The summed E-state index contributed by atoms with van der Waals surface area (Å²) in [5.74, 6) is -4.69. The van der Waals surface area contributed by atoms with Crippen LogP contribution >= 0.6 is 0 Å². The van der Waals surface area contributed by atoms with Crippen molar-refractivity contribution in [3.8, 4) is 11.3 Å². The molecule has 0 saturated heterocycles. The van der Waals surface area contributed by atoms with Crippen molar-refractivity contribution < 1.29 is 31.9 Å². The Morgan fingerprint density at radius 3 is 2.10 bits per heavy atom. The van der Waals surface area contributed by atoms with Crippen LogP contribution in [0.5, 0.6) is 0 Å². The zero-order valence-corrected chi connectivity index (χ0v) is 15.8. The van der Waals surface area contributed by atoms with Crippen molar-refractivity contribution in [2.75, 3.05) is 0 Å². The number of carboxylic acids is 1. The topological polar surface area (TPSA) is 63.1 Å². The van der Waals surface area contributed by atoms with E-state index in [1.54, 1.807) is 26.0 Å². The van der Waals surface area contributed by atoms with Crippen molar-refractivity contribution in [1.29, 1.82) is 0 Å². The van der Waals surface area contributed by atoms with Gasteiger partial charge in [-0.1, -0.05) is 12.1 Å². The van der Waals surface area contributed by atoms with Gasteiger partial charge < -0.3 is 5.11 Å². The quantitative estimate of drug-likeness (QED) is 0.567. The van der Waals surface area contributed by atoms with E-state index < -0.39 is 40.3 Å². The number of alkyl halides is 3. The molecule has 156 valence electrons. The van der Waals surface area contributed by atoms with Crippen LogP contribution in [0.4, 0.5) is 22.0 Å². The zero-order chi connectivity index (χ0) is 22.3. The van der Waals surface area contributed by atoms with E-state index in [-0.39, 0.29) is 11.4 Å². The summed E-state index contributed by atoms with van der Waals surface area (Å²) in [5, 5.41) is 9.14. The van der Waals surface area contributed by atoms with Gasteiger partial charge >= 0.3 is 12.1 Å². The highest BCUT2D eigenvalue weighted by Gasteiger charge is 2.39. The van der Waals surface area contributed by atoms with Crippen molar-refractivity contribution in [1.82, 2.24) is 9.97 Å². The molecule has 3 aromatic rings. The predicted molar refractivity (Wildman–Crippen MR) is 97.9 cm³/mol. The Morgan fingerprint density at radius 2 is 1.50 bits per heavy atom. The molecule has 0 spiro atoms. The Hall–Kier alpha value is -3.36. The van der Waals surface area contributed by atoms with Crippen LogP contribution in [0.3, 0.4) is 0 Å².